The van der Waals surface area contributed by atoms with Crippen LogP contribution < -0.4 is 4.74 Å². The molecule has 2 rings (SSSR count). The Morgan fingerprint density at radius 2 is 1.55 bits per heavy atom. The van der Waals surface area contributed by atoms with Gasteiger partial charge in [-0.2, -0.15) is 0 Å². The van der Waals surface area contributed by atoms with E-state index < -0.39 is 0 Å². The van der Waals surface area contributed by atoms with Crippen molar-refractivity contribution >= 4 is 0 Å². The van der Waals surface area contributed by atoms with Crippen molar-refractivity contribution in [3.63, 3.8) is 0 Å². The van der Waals surface area contributed by atoms with E-state index in [1.807, 2.05) is 13.8 Å². The summed E-state index contributed by atoms with van der Waals surface area (Å²) in [5, 5.41) is 0. The van der Waals surface area contributed by atoms with Crippen molar-refractivity contribution in [2.24, 2.45) is 17.3 Å². The van der Waals surface area contributed by atoms with E-state index in [0.29, 0.717) is 17.3 Å². The summed E-state index contributed by atoms with van der Waals surface area (Å²) in [5.74, 6) is 2.73. The van der Waals surface area contributed by atoms with Gasteiger partial charge < -0.3 is 9.47 Å². The molecular weight excluding hydrogens is 457 g/mol. The summed E-state index contributed by atoms with van der Waals surface area (Å²) >= 11 is 0. The fourth-order valence-electron chi connectivity index (χ4n) is 4.38. The Balaban J connectivity index is 0.00000291. The number of rotatable bonds is 10. The maximum Gasteiger partial charge on any atom is 0.202 e. The van der Waals surface area contributed by atoms with Crippen molar-refractivity contribution in [1.82, 2.24) is 0 Å². The van der Waals surface area contributed by atoms with Crippen LogP contribution in [0.5, 0.6) is 5.75 Å². The van der Waals surface area contributed by atoms with Crippen LogP contribution in [0.3, 0.4) is 0 Å². The normalized spacial score (nSPS) is 16.7. The second kappa shape index (κ2) is 16.7. The SMILES string of the molecule is CC.CCC(CC(C)(C)C)c1ccc(OC(OCCC2CCCCC2)C(C)C)cc1.[Y]. The zero-order valence-corrected chi connectivity index (χ0v) is 24.7. The predicted molar refractivity (Wildman–Crippen MR) is 131 cm³/mol. The second-order valence-electron chi connectivity index (χ2n) is 10.3. The maximum atomic E-state index is 6.21. The molecular formula is C28H50O2Y. The molecule has 1 aromatic carbocycles. The molecule has 0 aromatic heterocycles. The molecule has 0 aliphatic heterocycles. The molecule has 0 heterocycles. The Bertz CT molecular complexity index is 541. The fraction of sp³-hybridized carbons (Fsp3) is 0.786. The Hall–Kier alpha value is 0.0839. The molecule has 1 aliphatic rings. The summed E-state index contributed by atoms with van der Waals surface area (Å²) in [5.41, 5.74) is 1.77. The third-order valence-electron chi connectivity index (χ3n) is 6.03. The largest absolute Gasteiger partial charge is 0.465 e. The molecule has 2 unspecified atom stereocenters. The van der Waals surface area contributed by atoms with Gasteiger partial charge in [0, 0.05) is 38.6 Å². The van der Waals surface area contributed by atoms with E-state index in [9.17, 15) is 0 Å². The molecule has 1 fully saturated rings. The van der Waals surface area contributed by atoms with E-state index in [-0.39, 0.29) is 39.0 Å². The molecule has 0 spiro atoms. The molecule has 31 heavy (non-hydrogen) atoms. The average molecular weight is 508 g/mol. The molecule has 2 atom stereocenters. The van der Waals surface area contributed by atoms with E-state index >= 15 is 0 Å². The predicted octanol–water partition coefficient (Wildman–Crippen LogP) is 8.99. The van der Waals surface area contributed by atoms with Gasteiger partial charge in [-0.15, -0.1) is 0 Å². The van der Waals surface area contributed by atoms with Gasteiger partial charge in [-0.1, -0.05) is 99.6 Å². The van der Waals surface area contributed by atoms with Crippen molar-refractivity contribution in [1.29, 1.82) is 0 Å². The van der Waals surface area contributed by atoms with Crippen molar-refractivity contribution in [2.75, 3.05) is 6.61 Å². The first-order chi connectivity index (χ1) is 14.3. The van der Waals surface area contributed by atoms with Crippen molar-refractivity contribution in [3.05, 3.63) is 29.8 Å². The van der Waals surface area contributed by atoms with Crippen molar-refractivity contribution in [3.8, 4) is 5.75 Å². The average Bonchev–Trinajstić information content (AvgIpc) is 2.73. The topological polar surface area (TPSA) is 18.5 Å². The summed E-state index contributed by atoms with van der Waals surface area (Å²) in [4.78, 5) is 0. The Labute approximate surface area is 219 Å². The Morgan fingerprint density at radius 1 is 0.968 bits per heavy atom. The first-order valence-electron chi connectivity index (χ1n) is 12.7. The molecule has 0 N–H and O–H groups in total. The number of hydrogen-bond donors (Lipinski definition) is 0. The molecule has 0 amide bonds. The molecule has 2 nitrogen and oxygen atoms in total. The molecule has 1 saturated carbocycles. The van der Waals surface area contributed by atoms with E-state index in [0.717, 1.165) is 18.3 Å². The fourth-order valence-corrected chi connectivity index (χ4v) is 4.38. The molecule has 0 bridgehead atoms. The van der Waals surface area contributed by atoms with Crippen LogP contribution in [0.4, 0.5) is 0 Å². The first kappa shape index (κ1) is 31.1. The van der Waals surface area contributed by atoms with E-state index in [1.165, 1.54) is 56.9 Å². The van der Waals surface area contributed by atoms with Crippen LogP contribution >= 0.6 is 0 Å². The van der Waals surface area contributed by atoms with Gasteiger partial charge in [0.15, 0.2) is 0 Å². The van der Waals surface area contributed by atoms with Crippen LogP contribution in [0.25, 0.3) is 0 Å². The minimum atomic E-state index is -0.161. The summed E-state index contributed by atoms with van der Waals surface area (Å²) in [6, 6.07) is 8.74. The van der Waals surface area contributed by atoms with Crippen LogP contribution in [0, 0.1) is 17.3 Å². The standard InChI is InChI=1S/C26H44O2.C2H6.Y/c1-7-22(19-26(4,5)6)23-13-15-24(16-14-23)28-25(20(2)3)27-18-17-21-11-9-8-10-12-21;1-2;/h13-16,20-22,25H,7-12,17-19H2,1-6H3;1-2H3;. The van der Waals surface area contributed by atoms with Crippen LogP contribution in [0.15, 0.2) is 24.3 Å². The third-order valence-corrected chi connectivity index (χ3v) is 6.03. The minimum absolute atomic E-state index is 0. The number of ether oxygens (including phenoxy) is 2. The van der Waals surface area contributed by atoms with Gasteiger partial charge >= 0.3 is 0 Å². The molecule has 1 aromatic rings. The first-order valence-corrected chi connectivity index (χ1v) is 12.7. The summed E-state index contributed by atoms with van der Waals surface area (Å²) in [7, 11) is 0. The maximum absolute atomic E-state index is 6.21. The Morgan fingerprint density at radius 3 is 2.03 bits per heavy atom. The smallest absolute Gasteiger partial charge is 0.202 e. The number of benzene rings is 1. The van der Waals surface area contributed by atoms with E-state index in [1.54, 1.807) is 0 Å². The summed E-state index contributed by atoms with van der Waals surface area (Å²) in [6.45, 7) is 18.4. The van der Waals surface area contributed by atoms with Crippen LogP contribution in [0.1, 0.15) is 118 Å². The molecule has 1 aliphatic carbocycles. The number of hydrogen-bond acceptors (Lipinski definition) is 2. The van der Waals surface area contributed by atoms with E-state index in [2.05, 4.69) is 65.8 Å². The quantitative estimate of drug-likeness (QED) is 0.294. The van der Waals surface area contributed by atoms with Crippen molar-refractivity contribution < 1.29 is 42.2 Å². The van der Waals surface area contributed by atoms with E-state index in [4.69, 9.17) is 9.47 Å². The summed E-state index contributed by atoms with van der Waals surface area (Å²) in [6.07, 6.45) is 10.4. The monoisotopic (exact) mass is 507 g/mol. The molecule has 177 valence electrons. The Kier molecular flexibility index (Phi) is 16.7. The van der Waals surface area contributed by atoms with Gasteiger partial charge in [-0.05, 0) is 54.2 Å². The summed E-state index contributed by atoms with van der Waals surface area (Å²) < 4.78 is 12.4. The zero-order valence-electron chi connectivity index (χ0n) is 21.9. The van der Waals surface area contributed by atoms with Crippen LogP contribution in [0.2, 0.25) is 0 Å². The zero-order chi connectivity index (χ0) is 22.6. The molecule has 0 saturated heterocycles. The van der Waals surface area contributed by atoms with Crippen molar-refractivity contribution in [2.45, 2.75) is 119 Å². The second-order valence-corrected chi connectivity index (χ2v) is 10.3. The van der Waals surface area contributed by atoms with Gasteiger partial charge in [0.05, 0.1) is 6.61 Å². The van der Waals surface area contributed by atoms with Gasteiger partial charge in [-0.3, -0.25) is 0 Å². The molecule has 3 heteroatoms. The minimum Gasteiger partial charge on any atom is -0.465 e. The van der Waals surface area contributed by atoms with Gasteiger partial charge in [0.25, 0.3) is 0 Å². The van der Waals surface area contributed by atoms with Gasteiger partial charge in [0.1, 0.15) is 5.75 Å². The van der Waals surface area contributed by atoms with Gasteiger partial charge in [-0.25, -0.2) is 0 Å². The molecule has 1 radical (unpaired) electrons. The van der Waals surface area contributed by atoms with Gasteiger partial charge in [0.2, 0.25) is 6.29 Å². The van der Waals surface area contributed by atoms with Crippen LogP contribution in [-0.4, -0.2) is 12.9 Å². The van der Waals surface area contributed by atoms with Crippen LogP contribution in [-0.2, 0) is 37.4 Å². The third kappa shape index (κ3) is 12.8.